The van der Waals surface area contributed by atoms with Crippen molar-refractivity contribution in [2.24, 2.45) is 0 Å². The van der Waals surface area contributed by atoms with Gasteiger partial charge in [0.05, 0.1) is 27.6 Å². The van der Waals surface area contributed by atoms with Gasteiger partial charge in [0.2, 0.25) is 0 Å². The van der Waals surface area contributed by atoms with Gasteiger partial charge in [0, 0.05) is 12.6 Å². The van der Waals surface area contributed by atoms with Gasteiger partial charge in [0.1, 0.15) is 5.69 Å². The molecule has 0 bridgehead atoms. The van der Waals surface area contributed by atoms with Crippen molar-refractivity contribution < 1.29 is 9.90 Å². The highest BCUT2D eigenvalue weighted by Gasteiger charge is 2.27. The van der Waals surface area contributed by atoms with E-state index in [1.807, 2.05) is 24.3 Å². The van der Waals surface area contributed by atoms with E-state index < -0.39 is 5.97 Å². The summed E-state index contributed by atoms with van der Waals surface area (Å²) in [5.41, 5.74) is 3.95. The van der Waals surface area contributed by atoms with E-state index in [9.17, 15) is 9.90 Å². The summed E-state index contributed by atoms with van der Waals surface area (Å²) < 4.78 is 0. The normalized spacial score (nSPS) is 16.9. The molecule has 0 aliphatic carbocycles. The van der Waals surface area contributed by atoms with Crippen molar-refractivity contribution in [3.63, 3.8) is 0 Å². The summed E-state index contributed by atoms with van der Waals surface area (Å²) in [6.07, 6.45) is 2.18. The summed E-state index contributed by atoms with van der Waals surface area (Å²) in [5.74, 6) is 0.451. The number of fused-ring (bicyclic) bond motifs is 2. The molecular weight excluding hydrogens is 354 g/mol. The summed E-state index contributed by atoms with van der Waals surface area (Å²) in [6.45, 7) is 3.07. The highest BCUT2D eigenvalue weighted by molar-refractivity contribution is 5.93. The van der Waals surface area contributed by atoms with Crippen molar-refractivity contribution in [1.82, 2.24) is 19.9 Å². The first kappa shape index (κ1) is 16.7. The fraction of sp³-hybridized carbons (Fsp3) is 0.238. The van der Waals surface area contributed by atoms with Crippen LogP contribution in [0.1, 0.15) is 30.1 Å². The first-order valence-corrected chi connectivity index (χ1v) is 9.37. The van der Waals surface area contributed by atoms with E-state index >= 15 is 0 Å². The minimum Gasteiger partial charge on any atom is -0.478 e. The number of para-hydroxylation sites is 2. The number of H-pyrrole nitrogens is 1. The Labute approximate surface area is 161 Å². The highest BCUT2D eigenvalue weighted by atomic mass is 16.4. The van der Waals surface area contributed by atoms with Crippen molar-refractivity contribution in [2.75, 3.05) is 11.4 Å². The van der Waals surface area contributed by atoms with E-state index in [-0.39, 0.29) is 5.56 Å². The van der Waals surface area contributed by atoms with E-state index in [1.165, 1.54) is 0 Å². The number of carboxylic acid groups (broad SMARTS) is 1. The van der Waals surface area contributed by atoms with E-state index in [0.29, 0.717) is 28.6 Å². The number of nitrogens with zero attached hydrogens (tertiary/aromatic N) is 4. The molecule has 1 unspecified atom stereocenters. The largest absolute Gasteiger partial charge is 0.478 e. The Morgan fingerprint density at radius 3 is 2.71 bits per heavy atom. The lowest BCUT2D eigenvalue weighted by Crippen LogP contribution is -2.28. The summed E-state index contributed by atoms with van der Waals surface area (Å²) in [5, 5.41) is 9.31. The van der Waals surface area contributed by atoms with Gasteiger partial charge in [-0.1, -0.05) is 12.1 Å². The predicted molar refractivity (Wildman–Crippen MR) is 108 cm³/mol. The number of imidazole rings is 1. The van der Waals surface area contributed by atoms with Crippen LogP contribution in [-0.2, 0) is 0 Å². The Bertz CT molecular complexity index is 1180. The second-order valence-electron chi connectivity index (χ2n) is 7.19. The molecule has 1 atom stereocenters. The average Bonchev–Trinajstić information content (AvgIpc) is 3.32. The zero-order valence-electron chi connectivity index (χ0n) is 15.4. The molecule has 7 nitrogen and oxygen atoms in total. The van der Waals surface area contributed by atoms with Gasteiger partial charge >= 0.3 is 5.97 Å². The van der Waals surface area contributed by atoms with Gasteiger partial charge in [-0.15, -0.1) is 0 Å². The number of carboxylic acids is 1. The summed E-state index contributed by atoms with van der Waals surface area (Å²) in [7, 11) is 0. The number of aromatic amines is 1. The van der Waals surface area contributed by atoms with Crippen molar-refractivity contribution in [3.05, 3.63) is 48.0 Å². The van der Waals surface area contributed by atoms with E-state index in [2.05, 4.69) is 16.8 Å². The maximum atomic E-state index is 11.4. The third kappa shape index (κ3) is 2.67. The van der Waals surface area contributed by atoms with Gasteiger partial charge in [-0.05, 0) is 50.1 Å². The van der Waals surface area contributed by atoms with Crippen LogP contribution in [0.15, 0.2) is 42.5 Å². The average molecular weight is 373 g/mol. The molecule has 0 spiro atoms. The zero-order chi connectivity index (χ0) is 19.3. The monoisotopic (exact) mass is 373 g/mol. The predicted octanol–water partition coefficient (Wildman–Crippen LogP) is 3.86. The first-order valence-electron chi connectivity index (χ1n) is 9.37. The van der Waals surface area contributed by atoms with Crippen LogP contribution in [0.2, 0.25) is 0 Å². The lowest BCUT2D eigenvalue weighted by atomic mass is 10.2. The summed E-state index contributed by atoms with van der Waals surface area (Å²) in [6, 6.07) is 13.0. The van der Waals surface area contributed by atoms with Gasteiger partial charge in [0.15, 0.2) is 11.6 Å². The lowest BCUT2D eigenvalue weighted by Gasteiger charge is -2.24. The number of aromatic nitrogens is 4. The summed E-state index contributed by atoms with van der Waals surface area (Å²) >= 11 is 0. The van der Waals surface area contributed by atoms with Gasteiger partial charge in [-0.25, -0.2) is 19.7 Å². The van der Waals surface area contributed by atoms with Crippen LogP contribution in [-0.4, -0.2) is 43.6 Å². The molecule has 1 fully saturated rings. The number of benzene rings is 2. The standard InChI is InChI=1S/C21H19N5O2/c1-12-5-4-10-26(12)20-18(19-23-14-6-2-3-7-15(14)24-19)22-16-9-8-13(21(27)28)11-17(16)25-20/h2-3,6-9,11-12H,4-5,10H2,1H3,(H,23,24)(H,27,28). The first-order chi connectivity index (χ1) is 13.6. The third-order valence-electron chi connectivity index (χ3n) is 5.33. The number of rotatable bonds is 3. The van der Waals surface area contributed by atoms with Gasteiger partial charge in [-0.2, -0.15) is 0 Å². The van der Waals surface area contributed by atoms with Gasteiger partial charge in [0.25, 0.3) is 0 Å². The van der Waals surface area contributed by atoms with Crippen LogP contribution in [0.3, 0.4) is 0 Å². The molecule has 28 heavy (non-hydrogen) atoms. The van der Waals surface area contributed by atoms with Crippen molar-refractivity contribution >= 4 is 33.9 Å². The fourth-order valence-corrected chi connectivity index (χ4v) is 3.85. The van der Waals surface area contributed by atoms with Crippen LogP contribution in [0.5, 0.6) is 0 Å². The molecule has 1 aliphatic rings. The van der Waals surface area contributed by atoms with E-state index in [0.717, 1.165) is 36.2 Å². The number of hydrogen-bond acceptors (Lipinski definition) is 5. The Morgan fingerprint density at radius 2 is 1.96 bits per heavy atom. The lowest BCUT2D eigenvalue weighted by molar-refractivity contribution is 0.0697. The van der Waals surface area contributed by atoms with E-state index in [1.54, 1.807) is 18.2 Å². The molecule has 1 saturated heterocycles. The second-order valence-corrected chi connectivity index (χ2v) is 7.19. The molecule has 2 aromatic carbocycles. The number of aromatic carboxylic acids is 1. The Kier molecular flexibility index (Phi) is 3.75. The van der Waals surface area contributed by atoms with Crippen LogP contribution < -0.4 is 4.90 Å². The van der Waals surface area contributed by atoms with Crippen LogP contribution in [0.25, 0.3) is 33.6 Å². The maximum Gasteiger partial charge on any atom is 0.335 e. The molecule has 7 heteroatoms. The molecule has 4 aromatic rings. The quantitative estimate of drug-likeness (QED) is 0.566. The van der Waals surface area contributed by atoms with Crippen molar-refractivity contribution in [2.45, 2.75) is 25.8 Å². The Morgan fingerprint density at radius 1 is 1.11 bits per heavy atom. The Hall–Kier alpha value is -3.48. The molecule has 3 heterocycles. The molecule has 140 valence electrons. The minimum absolute atomic E-state index is 0.207. The molecule has 1 aliphatic heterocycles. The van der Waals surface area contributed by atoms with Crippen LogP contribution in [0.4, 0.5) is 5.82 Å². The topological polar surface area (TPSA) is 95.0 Å². The number of anilines is 1. The minimum atomic E-state index is -0.971. The zero-order valence-corrected chi connectivity index (χ0v) is 15.4. The molecule has 0 radical (unpaired) electrons. The molecule has 0 amide bonds. The van der Waals surface area contributed by atoms with E-state index in [4.69, 9.17) is 15.0 Å². The van der Waals surface area contributed by atoms with Gasteiger partial charge in [-0.3, -0.25) is 0 Å². The van der Waals surface area contributed by atoms with Gasteiger partial charge < -0.3 is 15.0 Å². The van der Waals surface area contributed by atoms with Crippen LogP contribution >= 0.6 is 0 Å². The third-order valence-corrected chi connectivity index (χ3v) is 5.33. The smallest absolute Gasteiger partial charge is 0.335 e. The fourth-order valence-electron chi connectivity index (χ4n) is 3.85. The molecule has 2 N–H and O–H groups in total. The maximum absolute atomic E-state index is 11.4. The molecular formula is C21H19N5O2. The Balaban J connectivity index is 1.75. The summed E-state index contributed by atoms with van der Waals surface area (Å²) in [4.78, 5) is 31.3. The number of nitrogens with one attached hydrogen (secondary N) is 1. The SMILES string of the molecule is CC1CCCN1c1nc2cc(C(=O)O)ccc2nc1-c1nc2ccccc2[nH]1. The highest BCUT2D eigenvalue weighted by Crippen LogP contribution is 2.33. The molecule has 2 aromatic heterocycles. The molecule has 0 saturated carbocycles. The number of carbonyl (C=O) groups is 1. The number of hydrogen-bond donors (Lipinski definition) is 2. The molecule has 5 rings (SSSR count). The van der Waals surface area contributed by atoms with Crippen molar-refractivity contribution in [3.8, 4) is 11.5 Å². The van der Waals surface area contributed by atoms with Crippen LogP contribution in [0, 0.1) is 0 Å². The van der Waals surface area contributed by atoms with Crippen molar-refractivity contribution in [1.29, 1.82) is 0 Å². The second kappa shape index (κ2) is 6.30.